The van der Waals surface area contributed by atoms with E-state index in [9.17, 15) is 14.7 Å². The molecule has 122 valence electrons. The van der Waals surface area contributed by atoms with Crippen LogP contribution in [0.2, 0.25) is 0 Å². The zero-order valence-corrected chi connectivity index (χ0v) is 14.5. The maximum absolute atomic E-state index is 12.5. The van der Waals surface area contributed by atoms with Crippen molar-refractivity contribution >= 4 is 27.6 Å². The number of aliphatic hydroxyl groups excluding tert-OH is 1. The molecule has 6 heteroatoms. The van der Waals surface area contributed by atoms with E-state index in [0.29, 0.717) is 0 Å². The predicted molar refractivity (Wildman–Crippen MR) is 92.0 cm³/mol. The molecular weight excluding hydrogens is 372 g/mol. The van der Waals surface area contributed by atoms with Gasteiger partial charge in [0, 0.05) is 23.4 Å². The zero-order chi connectivity index (χ0) is 17.3. The number of aliphatic hydroxyl groups is 1. The Labute approximate surface area is 147 Å². The first kappa shape index (κ1) is 16.4. The fourth-order valence-corrected chi connectivity index (χ4v) is 3.12. The summed E-state index contributed by atoms with van der Waals surface area (Å²) in [7, 11) is 0. The van der Waals surface area contributed by atoms with Crippen molar-refractivity contribution in [3.05, 3.63) is 75.7 Å². The summed E-state index contributed by atoms with van der Waals surface area (Å²) >= 11 is 3.37. The number of halogens is 1. The molecule has 2 heterocycles. The first-order chi connectivity index (χ1) is 11.5. The van der Waals surface area contributed by atoms with Gasteiger partial charge < -0.3 is 10.0 Å². The van der Waals surface area contributed by atoms with Crippen LogP contribution in [-0.4, -0.2) is 26.7 Å². The van der Waals surface area contributed by atoms with E-state index in [1.54, 1.807) is 18.5 Å². The lowest BCUT2D eigenvalue weighted by Gasteiger charge is -2.26. The molecule has 0 radical (unpaired) electrons. The van der Waals surface area contributed by atoms with Crippen molar-refractivity contribution < 1.29 is 14.7 Å². The van der Waals surface area contributed by atoms with Crippen LogP contribution < -0.4 is 0 Å². The minimum absolute atomic E-state index is 0.131. The number of amides is 1. The molecule has 1 atom stereocenters. The van der Waals surface area contributed by atoms with Gasteiger partial charge in [0.1, 0.15) is 0 Å². The summed E-state index contributed by atoms with van der Waals surface area (Å²) in [6.45, 7) is 1.62. The lowest BCUT2D eigenvalue weighted by Crippen LogP contribution is -2.30. The normalized spacial score (nSPS) is 17.5. The van der Waals surface area contributed by atoms with E-state index >= 15 is 0 Å². The summed E-state index contributed by atoms with van der Waals surface area (Å²) in [6, 6.07) is 10.4. The number of nitrogens with zero attached hydrogens (tertiary/aromatic N) is 2. The lowest BCUT2D eigenvalue weighted by atomic mass is 9.96. The average molecular weight is 387 g/mol. The Morgan fingerprint density at radius 1 is 1.29 bits per heavy atom. The molecule has 1 amide bonds. The van der Waals surface area contributed by atoms with Crippen molar-refractivity contribution in [1.82, 2.24) is 9.88 Å². The summed E-state index contributed by atoms with van der Waals surface area (Å²) in [5.74, 6) is -1.33. The Hall–Kier alpha value is -2.47. The van der Waals surface area contributed by atoms with Crippen LogP contribution in [0.3, 0.4) is 0 Å². The van der Waals surface area contributed by atoms with Crippen LogP contribution in [-0.2, 0) is 16.1 Å². The summed E-state index contributed by atoms with van der Waals surface area (Å²) in [5.41, 5.74) is 1.72. The number of pyridine rings is 1. The highest BCUT2D eigenvalue weighted by Gasteiger charge is 2.42. The van der Waals surface area contributed by atoms with Gasteiger partial charge in [0.05, 0.1) is 11.6 Å². The Balaban J connectivity index is 2.04. The monoisotopic (exact) mass is 386 g/mol. The number of ketones is 1. The van der Waals surface area contributed by atoms with Gasteiger partial charge in [-0.3, -0.25) is 14.6 Å². The molecule has 0 aliphatic carbocycles. The number of rotatable bonds is 4. The second-order valence-corrected chi connectivity index (χ2v) is 6.48. The van der Waals surface area contributed by atoms with Crippen molar-refractivity contribution in [3.63, 3.8) is 0 Å². The molecule has 0 spiro atoms. The Morgan fingerprint density at radius 3 is 2.58 bits per heavy atom. The second-order valence-electron chi connectivity index (χ2n) is 5.57. The van der Waals surface area contributed by atoms with Gasteiger partial charge in [-0.05, 0) is 36.2 Å². The van der Waals surface area contributed by atoms with E-state index in [-0.39, 0.29) is 17.9 Å². The SMILES string of the molecule is CC(=O)C1=C(O)C(=O)N(Cc2cccnc2)[C@@H]1c1ccc(Br)cc1. The van der Waals surface area contributed by atoms with Gasteiger partial charge in [-0.15, -0.1) is 0 Å². The van der Waals surface area contributed by atoms with Crippen LogP contribution in [0.4, 0.5) is 0 Å². The Bertz CT molecular complexity index is 816. The van der Waals surface area contributed by atoms with Gasteiger partial charge in [-0.2, -0.15) is 0 Å². The van der Waals surface area contributed by atoms with Gasteiger partial charge in [0.2, 0.25) is 0 Å². The van der Waals surface area contributed by atoms with Crippen LogP contribution in [0.15, 0.2) is 64.6 Å². The first-order valence-corrected chi connectivity index (χ1v) is 8.17. The van der Waals surface area contributed by atoms with E-state index < -0.39 is 17.7 Å². The van der Waals surface area contributed by atoms with Crippen molar-refractivity contribution in [2.75, 3.05) is 0 Å². The molecule has 24 heavy (non-hydrogen) atoms. The number of benzene rings is 1. The van der Waals surface area contributed by atoms with Crippen molar-refractivity contribution in [3.8, 4) is 0 Å². The third-order valence-corrected chi connectivity index (χ3v) is 4.47. The molecule has 0 unspecified atom stereocenters. The van der Waals surface area contributed by atoms with Crippen LogP contribution in [0.5, 0.6) is 0 Å². The maximum Gasteiger partial charge on any atom is 0.290 e. The van der Waals surface area contributed by atoms with Crippen molar-refractivity contribution in [1.29, 1.82) is 0 Å². The summed E-state index contributed by atoms with van der Waals surface area (Å²) < 4.78 is 0.895. The first-order valence-electron chi connectivity index (χ1n) is 7.38. The molecular formula is C18H15BrN2O3. The summed E-state index contributed by atoms with van der Waals surface area (Å²) in [5, 5.41) is 10.2. The van der Waals surface area contributed by atoms with Gasteiger partial charge >= 0.3 is 0 Å². The number of hydrogen-bond donors (Lipinski definition) is 1. The molecule has 2 aromatic rings. The Morgan fingerprint density at radius 2 is 2.00 bits per heavy atom. The molecule has 1 N–H and O–H groups in total. The van der Waals surface area contributed by atoms with E-state index in [1.165, 1.54) is 11.8 Å². The zero-order valence-electron chi connectivity index (χ0n) is 12.9. The Kier molecular flexibility index (Phi) is 4.49. The number of carbonyl (C=O) groups excluding carboxylic acids is 2. The fourth-order valence-electron chi connectivity index (χ4n) is 2.86. The molecule has 1 aromatic carbocycles. The quantitative estimate of drug-likeness (QED) is 0.874. The molecule has 0 saturated carbocycles. The minimum atomic E-state index is -0.608. The van der Waals surface area contributed by atoms with E-state index in [0.717, 1.165) is 15.6 Å². The van der Waals surface area contributed by atoms with Crippen molar-refractivity contribution in [2.45, 2.75) is 19.5 Å². The molecule has 0 bridgehead atoms. The fraction of sp³-hybridized carbons (Fsp3) is 0.167. The van der Waals surface area contributed by atoms with Gasteiger partial charge in [-0.1, -0.05) is 34.1 Å². The molecule has 1 aromatic heterocycles. The highest BCUT2D eigenvalue weighted by molar-refractivity contribution is 9.10. The summed E-state index contributed by atoms with van der Waals surface area (Å²) in [4.78, 5) is 30.1. The number of hydrogen-bond acceptors (Lipinski definition) is 4. The standard InChI is InChI=1S/C18H15BrN2O3/c1-11(22)15-16(13-4-6-14(19)7-5-13)21(18(24)17(15)23)10-12-3-2-8-20-9-12/h2-9,16,23H,10H2,1H3/t16-/m1/s1. The van der Waals surface area contributed by atoms with Gasteiger partial charge in [-0.25, -0.2) is 0 Å². The maximum atomic E-state index is 12.5. The number of Topliss-reactive ketones (excluding diaryl/α,β-unsaturated/α-hetero) is 1. The largest absolute Gasteiger partial charge is 0.503 e. The second kappa shape index (κ2) is 6.57. The molecule has 0 fully saturated rings. The third kappa shape index (κ3) is 2.97. The van der Waals surface area contributed by atoms with E-state index in [4.69, 9.17) is 0 Å². The smallest absolute Gasteiger partial charge is 0.290 e. The highest BCUT2D eigenvalue weighted by atomic mass is 79.9. The molecule has 1 aliphatic rings. The molecule has 0 saturated heterocycles. The predicted octanol–water partition coefficient (Wildman–Crippen LogP) is 3.33. The molecule has 3 rings (SSSR count). The number of aromatic nitrogens is 1. The van der Waals surface area contributed by atoms with Crippen LogP contribution in [0.25, 0.3) is 0 Å². The van der Waals surface area contributed by atoms with Gasteiger partial charge in [0.25, 0.3) is 5.91 Å². The molecule has 5 nitrogen and oxygen atoms in total. The van der Waals surface area contributed by atoms with Crippen LogP contribution >= 0.6 is 15.9 Å². The van der Waals surface area contributed by atoms with Crippen LogP contribution in [0, 0.1) is 0 Å². The summed E-state index contributed by atoms with van der Waals surface area (Å²) in [6.07, 6.45) is 3.31. The lowest BCUT2D eigenvalue weighted by molar-refractivity contribution is -0.130. The number of carbonyl (C=O) groups is 2. The van der Waals surface area contributed by atoms with E-state index in [2.05, 4.69) is 20.9 Å². The molecule has 1 aliphatic heterocycles. The topological polar surface area (TPSA) is 70.5 Å². The average Bonchev–Trinajstić information content (AvgIpc) is 2.82. The van der Waals surface area contributed by atoms with Crippen molar-refractivity contribution in [2.24, 2.45) is 0 Å². The van der Waals surface area contributed by atoms with E-state index in [1.807, 2.05) is 30.3 Å². The van der Waals surface area contributed by atoms with Crippen LogP contribution in [0.1, 0.15) is 24.1 Å². The minimum Gasteiger partial charge on any atom is -0.503 e. The highest BCUT2D eigenvalue weighted by Crippen LogP contribution is 2.38. The van der Waals surface area contributed by atoms with Gasteiger partial charge in [0.15, 0.2) is 11.5 Å². The third-order valence-electron chi connectivity index (χ3n) is 3.94.